The van der Waals surface area contributed by atoms with Gasteiger partial charge in [0.15, 0.2) is 0 Å². The summed E-state index contributed by atoms with van der Waals surface area (Å²) in [5.41, 5.74) is 4.33. The van der Waals surface area contributed by atoms with Crippen molar-refractivity contribution in [2.24, 2.45) is 0 Å². The number of nitrogens with one attached hydrogen (secondary N) is 1. The van der Waals surface area contributed by atoms with Gasteiger partial charge < -0.3 is 14.8 Å². The summed E-state index contributed by atoms with van der Waals surface area (Å²) in [6.07, 6.45) is 6.89. The molecule has 132 valence electrons. The lowest BCUT2D eigenvalue weighted by molar-refractivity contribution is -0.143. The van der Waals surface area contributed by atoms with Gasteiger partial charge in [-0.3, -0.25) is 4.79 Å². The number of carbonyl (C=O) groups is 1. The van der Waals surface area contributed by atoms with E-state index < -0.39 is 0 Å². The first-order valence-corrected chi connectivity index (χ1v) is 9.35. The normalized spacial score (nSPS) is 20.0. The van der Waals surface area contributed by atoms with E-state index in [4.69, 9.17) is 9.47 Å². The zero-order valence-corrected chi connectivity index (χ0v) is 14.9. The van der Waals surface area contributed by atoms with E-state index in [1.807, 2.05) is 6.92 Å². The maximum absolute atomic E-state index is 11.4. The van der Waals surface area contributed by atoms with Crippen LogP contribution in [0.4, 0.5) is 0 Å². The molecule has 2 atom stereocenters. The van der Waals surface area contributed by atoms with Crippen LogP contribution in [0.5, 0.6) is 5.75 Å². The fraction of sp³-hybridized carbons (Fsp3) is 0.650. The number of benzene rings is 1. The van der Waals surface area contributed by atoms with E-state index in [0.717, 1.165) is 44.5 Å². The molecular weight excluding hydrogens is 302 g/mol. The molecule has 24 heavy (non-hydrogen) atoms. The van der Waals surface area contributed by atoms with E-state index >= 15 is 0 Å². The SMILES string of the molecule is CCOC(=O)CCCC(C)NC1CCc2cc3c(cc2C1)OCC3. The van der Waals surface area contributed by atoms with Crippen molar-refractivity contribution in [2.75, 3.05) is 13.2 Å². The minimum absolute atomic E-state index is 0.0786. The zero-order chi connectivity index (χ0) is 16.9. The molecule has 1 aliphatic carbocycles. The van der Waals surface area contributed by atoms with Crippen LogP contribution in [0.1, 0.15) is 56.2 Å². The number of ether oxygens (including phenoxy) is 2. The monoisotopic (exact) mass is 331 g/mol. The van der Waals surface area contributed by atoms with Crippen molar-refractivity contribution in [2.45, 2.75) is 70.9 Å². The highest BCUT2D eigenvalue weighted by Crippen LogP contribution is 2.32. The Morgan fingerprint density at radius 3 is 3.04 bits per heavy atom. The van der Waals surface area contributed by atoms with Gasteiger partial charge in [0.05, 0.1) is 13.2 Å². The summed E-state index contributed by atoms with van der Waals surface area (Å²) in [5.74, 6) is 1.02. The molecule has 0 bridgehead atoms. The van der Waals surface area contributed by atoms with Crippen molar-refractivity contribution in [1.29, 1.82) is 0 Å². The first-order chi connectivity index (χ1) is 11.7. The summed E-state index contributed by atoms with van der Waals surface area (Å²) in [6, 6.07) is 5.57. The highest BCUT2D eigenvalue weighted by Gasteiger charge is 2.23. The molecule has 0 aromatic heterocycles. The van der Waals surface area contributed by atoms with Gasteiger partial charge in [-0.15, -0.1) is 0 Å². The molecular formula is C20H29NO3. The van der Waals surface area contributed by atoms with Crippen molar-refractivity contribution >= 4 is 5.97 Å². The number of hydrogen-bond acceptors (Lipinski definition) is 4. The molecule has 1 aromatic rings. The van der Waals surface area contributed by atoms with Gasteiger partial charge in [0.2, 0.25) is 0 Å². The van der Waals surface area contributed by atoms with E-state index in [-0.39, 0.29) is 5.97 Å². The molecule has 4 heteroatoms. The Kier molecular flexibility index (Phi) is 5.77. The molecule has 2 unspecified atom stereocenters. The van der Waals surface area contributed by atoms with Gasteiger partial charge in [-0.05, 0) is 68.7 Å². The highest BCUT2D eigenvalue weighted by molar-refractivity contribution is 5.69. The molecule has 1 aliphatic heterocycles. The van der Waals surface area contributed by atoms with Gasteiger partial charge in [0.1, 0.15) is 5.75 Å². The Labute approximate surface area is 144 Å². The molecule has 1 aromatic carbocycles. The predicted molar refractivity (Wildman–Crippen MR) is 94.5 cm³/mol. The van der Waals surface area contributed by atoms with Crippen LogP contribution in [0.3, 0.4) is 0 Å². The second kappa shape index (κ2) is 8.02. The number of fused-ring (bicyclic) bond motifs is 2. The minimum atomic E-state index is -0.0786. The summed E-state index contributed by atoms with van der Waals surface area (Å²) < 4.78 is 10.7. The van der Waals surface area contributed by atoms with Crippen molar-refractivity contribution in [3.63, 3.8) is 0 Å². The molecule has 1 heterocycles. The van der Waals surface area contributed by atoms with E-state index in [2.05, 4.69) is 24.4 Å². The first-order valence-electron chi connectivity index (χ1n) is 9.35. The molecule has 0 radical (unpaired) electrons. The zero-order valence-electron chi connectivity index (χ0n) is 14.9. The smallest absolute Gasteiger partial charge is 0.305 e. The third kappa shape index (κ3) is 4.29. The molecule has 0 fully saturated rings. The largest absolute Gasteiger partial charge is 0.493 e. The molecule has 0 spiro atoms. The lowest BCUT2D eigenvalue weighted by Crippen LogP contribution is -2.40. The fourth-order valence-corrected chi connectivity index (χ4v) is 3.85. The summed E-state index contributed by atoms with van der Waals surface area (Å²) in [6.45, 7) is 5.37. The quantitative estimate of drug-likeness (QED) is 0.780. The topological polar surface area (TPSA) is 47.6 Å². The van der Waals surface area contributed by atoms with Gasteiger partial charge in [-0.2, -0.15) is 0 Å². The van der Waals surface area contributed by atoms with Crippen molar-refractivity contribution in [3.05, 3.63) is 28.8 Å². The van der Waals surface area contributed by atoms with E-state index in [0.29, 0.717) is 25.1 Å². The van der Waals surface area contributed by atoms with Crippen LogP contribution in [0.15, 0.2) is 12.1 Å². The Morgan fingerprint density at radius 2 is 2.21 bits per heavy atom. The number of aryl methyl sites for hydroxylation is 1. The van der Waals surface area contributed by atoms with Crippen molar-refractivity contribution < 1.29 is 14.3 Å². The predicted octanol–water partition coefficient (Wildman–Crippen LogP) is 3.19. The van der Waals surface area contributed by atoms with Crippen molar-refractivity contribution in [3.8, 4) is 5.75 Å². The van der Waals surface area contributed by atoms with E-state index in [1.54, 1.807) is 0 Å². The third-order valence-electron chi connectivity index (χ3n) is 5.08. The molecule has 0 saturated heterocycles. The Hall–Kier alpha value is -1.55. The van der Waals surface area contributed by atoms with Crippen LogP contribution < -0.4 is 10.1 Å². The van der Waals surface area contributed by atoms with Crippen LogP contribution in [0.25, 0.3) is 0 Å². The van der Waals surface area contributed by atoms with Crippen LogP contribution in [0, 0.1) is 0 Å². The van der Waals surface area contributed by atoms with Gasteiger partial charge >= 0.3 is 5.97 Å². The maximum atomic E-state index is 11.4. The molecule has 0 amide bonds. The van der Waals surface area contributed by atoms with E-state index in [1.165, 1.54) is 23.1 Å². The van der Waals surface area contributed by atoms with Gasteiger partial charge in [-0.25, -0.2) is 0 Å². The van der Waals surface area contributed by atoms with Crippen molar-refractivity contribution in [1.82, 2.24) is 5.32 Å². The van der Waals surface area contributed by atoms with E-state index in [9.17, 15) is 4.79 Å². The number of carbonyl (C=O) groups excluding carboxylic acids is 1. The third-order valence-corrected chi connectivity index (χ3v) is 5.08. The number of hydrogen-bond donors (Lipinski definition) is 1. The molecule has 0 saturated carbocycles. The highest BCUT2D eigenvalue weighted by atomic mass is 16.5. The average molecular weight is 331 g/mol. The summed E-state index contributed by atoms with van der Waals surface area (Å²) in [7, 11) is 0. The first kappa shape index (κ1) is 17.3. The van der Waals surface area contributed by atoms with Crippen LogP contribution in [0.2, 0.25) is 0 Å². The second-order valence-electron chi connectivity index (χ2n) is 7.03. The number of rotatable bonds is 7. The fourth-order valence-electron chi connectivity index (χ4n) is 3.85. The van der Waals surface area contributed by atoms with Crippen LogP contribution >= 0.6 is 0 Å². The molecule has 3 rings (SSSR count). The van der Waals surface area contributed by atoms with Crippen LogP contribution in [-0.4, -0.2) is 31.3 Å². The number of esters is 1. The Bertz CT molecular complexity index is 584. The second-order valence-corrected chi connectivity index (χ2v) is 7.03. The Balaban J connectivity index is 1.46. The summed E-state index contributed by atoms with van der Waals surface area (Å²) >= 11 is 0. The van der Waals surface area contributed by atoms with Gasteiger partial charge in [0, 0.05) is 24.9 Å². The molecule has 4 nitrogen and oxygen atoms in total. The molecule has 1 N–H and O–H groups in total. The standard InChI is InChI=1S/C20H29NO3/c1-3-23-20(22)6-4-5-14(2)21-18-8-7-15-11-16-9-10-24-19(16)13-17(15)12-18/h11,13-14,18,21H,3-10,12H2,1-2H3. The lowest BCUT2D eigenvalue weighted by atomic mass is 9.86. The Morgan fingerprint density at radius 1 is 1.33 bits per heavy atom. The molecule has 2 aliphatic rings. The maximum Gasteiger partial charge on any atom is 0.305 e. The lowest BCUT2D eigenvalue weighted by Gasteiger charge is -2.29. The summed E-state index contributed by atoms with van der Waals surface area (Å²) in [4.78, 5) is 11.4. The summed E-state index contributed by atoms with van der Waals surface area (Å²) in [5, 5.41) is 3.74. The minimum Gasteiger partial charge on any atom is -0.493 e. The van der Waals surface area contributed by atoms with Crippen LogP contribution in [-0.2, 0) is 28.8 Å². The van der Waals surface area contributed by atoms with Gasteiger partial charge in [0.25, 0.3) is 0 Å². The van der Waals surface area contributed by atoms with Gasteiger partial charge in [-0.1, -0.05) is 6.07 Å². The average Bonchev–Trinajstić information content (AvgIpc) is 3.00.